The van der Waals surface area contributed by atoms with Gasteiger partial charge in [0.15, 0.2) is 0 Å². The number of hydrogen-bond donors (Lipinski definition) is 1. The van der Waals surface area contributed by atoms with Gasteiger partial charge in [0.1, 0.15) is 5.82 Å². The number of rotatable bonds is 3. The molecule has 0 saturated heterocycles. The average Bonchev–Trinajstić information content (AvgIpc) is 2.92. The van der Waals surface area contributed by atoms with Crippen molar-refractivity contribution < 1.29 is 9.32 Å². The molecule has 1 aromatic carbocycles. The molecular weight excluding hydrogens is 372 g/mol. The highest BCUT2D eigenvalue weighted by Gasteiger charge is 2.18. The van der Waals surface area contributed by atoms with E-state index >= 15 is 0 Å². The third kappa shape index (κ3) is 3.35. The number of benzene rings is 1. The standard InChI is InChI=1S/C17H15BrN4O2/c1-9-7-10(2)19-15(14(9)16-20-11(3)24-22-16)21-17(23)12-5-4-6-13(18)8-12/h4-8H,1-3H3,(H,19,21,23). The minimum atomic E-state index is -0.254. The van der Waals surface area contributed by atoms with Gasteiger partial charge in [0, 0.05) is 22.7 Å². The Balaban J connectivity index is 2.02. The van der Waals surface area contributed by atoms with Crippen molar-refractivity contribution in [1.29, 1.82) is 0 Å². The lowest BCUT2D eigenvalue weighted by atomic mass is 10.1. The summed E-state index contributed by atoms with van der Waals surface area (Å²) in [7, 11) is 0. The van der Waals surface area contributed by atoms with E-state index in [0.717, 1.165) is 15.7 Å². The Morgan fingerprint density at radius 2 is 1.96 bits per heavy atom. The first-order chi connectivity index (χ1) is 11.4. The fourth-order valence-electron chi connectivity index (χ4n) is 2.42. The van der Waals surface area contributed by atoms with Gasteiger partial charge in [0.05, 0.1) is 5.56 Å². The number of carbonyl (C=O) groups is 1. The van der Waals surface area contributed by atoms with Crippen molar-refractivity contribution in [2.45, 2.75) is 20.8 Å². The maximum atomic E-state index is 12.5. The molecule has 0 saturated carbocycles. The number of hydrogen-bond acceptors (Lipinski definition) is 5. The average molecular weight is 387 g/mol. The van der Waals surface area contributed by atoms with Crippen LogP contribution in [0.2, 0.25) is 0 Å². The number of aromatic nitrogens is 3. The van der Waals surface area contributed by atoms with Crippen molar-refractivity contribution in [3.05, 3.63) is 57.5 Å². The number of nitrogens with one attached hydrogen (secondary N) is 1. The Labute approximate surface area is 147 Å². The van der Waals surface area contributed by atoms with Crippen LogP contribution in [-0.4, -0.2) is 21.0 Å². The van der Waals surface area contributed by atoms with Crippen molar-refractivity contribution in [1.82, 2.24) is 15.1 Å². The second-order valence-corrected chi connectivity index (χ2v) is 6.32. The lowest BCUT2D eigenvalue weighted by Gasteiger charge is -2.12. The lowest BCUT2D eigenvalue weighted by molar-refractivity contribution is 0.102. The zero-order chi connectivity index (χ0) is 17.3. The van der Waals surface area contributed by atoms with Crippen LogP contribution in [0.4, 0.5) is 5.82 Å². The minimum absolute atomic E-state index is 0.254. The van der Waals surface area contributed by atoms with Crippen molar-refractivity contribution in [3.8, 4) is 11.4 Å². The van der Waals surface area contributed by atoms with Crippen LogP contribution in [-0.2, 0) is 0 Å². The van der Waals surface area contributed by atoms with Crippen LogP contribution in [0.1, 0.15) is 27.5 Å². The highest BCUT2D eigenvalue weighted by atomic mass is 79.9. The maximum absolute atomic E-state index is 12.5. The molecule has 2 aromatic heterocycles. The summed E-state index contributed by atoms with van der Waals surface area (Å²) in [5, 5.41) is 6.80. The third-order valence-corrected chi connectivity index (χ3v) is 3.91. The molecule has 0 radical (unpaired) electrons. The molecule has 1 N–H and O–H groups in total. The molecule has 0 atom stereocenters. The molecule has 0 aliphatic rings. The minimum Gasteiger partial charge on any atom is -0.339 e. The largest absolute Gasteiger partial charge is 0.339 e. The molecule has 122 valence electrons. The van der Waals surface area contributed by atoms with Crippen LogP contribution >= 0.6 is 15.9 Å². The van der Waals surface area contributed by atoms with Crippen molar-refractivity contribution in [3.63, 3.8) is 0 Å². The Hall–Kier alpha value is -2.54. The van der Waals surface area contributed by atoms with E-state index in [4.69, 9.17) is 4.52 Å². The molecule has 0 spiro atoms. The molecule has 0 fully saturated rings. The number of pyridine rings is 1. The van der Waals surface area contributed by atoms with Gasteiger partial charge in [0.2, 0.25) is 11.7 Å². The third-order valence-electron chi connectivity index (χ3n) is 3.41. The van der Waals surface area contributed by atoms with Gasteiger partial charge in [-0.15, -0.1) is 0 Å². The van der Waals surface area contributed by atoms with E-state index in [0.29, 0.717) is 28.7 Å². The fraction of sp³-hybridized carbons (Fsp3) is 0.176. The number of halogens is 1. The summed E-state index contributed by atoms with van der Waals surface area (Å²) in [6, 6.07) is 9.06. The first-order valence-corrected chi connectivity index (χ1v) is 8.09. The zero-order valence-electron chi connectivity index (χ0n) is 13.4. The summed E-state index contributed by atoms with van der Waals surface area (Å²) < 4.78 is 5.89. The van der Waals surface area contributed by atoms with Crippen LogP contribution in [0.15, 0.2) is 39.3 Å². The second-order valence-electron chi connectivity index (χ2n) is 5.41. The first kappa shape index (κ1) is 16.3. The van der Waals surface area contributed by atoms with Crippen LogP contribution in [0.25, 0.3) is 11.4 Å². The number of carbonyl (C=O) groups excluding carboxylic acids is 1. The topological polar surface area (TPSA) is 80.9 Å². The molecule has 0 aliphatic carbocycles. The maximum Gasteiger partial charge on any atom is 0.256 e. The zero-order valence-corrected chi connectivity index (χ0v) is 15.0. The second kappa shape index (κ2) is 6.52. The van der Waals surface area contributed by atoms with Gasteiger partial charge in [-0.25, -0.2) is 4.98 Å². The van der Waals surface area contributed by atoms with E-state index in [9.17, 15) is 4.79 Å². The van der Waals surface area contributed by atoms with Gasteiger partial charge in [-0.1, -0.05) is 27.2 Å². The van der Waals surface area contributed by atoms with Crippen LogP contribution < -0.4 is 5.32 Å². The van der Waals surface area contributed by atoms with E-state index in [1.807, 2.05) is 26.0 Å². The number of aryl methyl sites for hydroxylation is 3. The summed E-state index contributed by atoms with van der Waals surface area (Å²) in [5.74, 6) is 1.02. The molecular formula is C17H15BrN4O2. The van der Waals surface area contributed by atoms with E-state index in [-0.39, 0.29) is 5.91 Å². The van der Waals surface area contributed by atoms with E-state index in [2.05, 4.69) is 36.4 Å². The fourth-order valence-corrected chi connectivity index (χ4v) is 2.82. The van der Waals surface area contributed by atoms with E-state index < -0.39 is 0 Å². The lowest BCUT2D eigenvalue weighted by Crippen LogP contribution is -2.15. The molecule has 3 aromatic rings. The van der Waals surface area contributed by atoms with Crippen LogP contribution in [0.3, 0.4) is 0 Å². The number of nitrogens with zero attached hydrogens (tertiary/aromatic N) is 3. The Morgan fingerprint density at radius 3 is 2.62 bits per heavy atom. The quantitative estimate of drug-likeness (QED) is 0.733. The number of anilines is 1. The highest BCUT2D eigenvalue weighted by molar-refractivity contribution is 9.10. The van der Waals surface area contributed by atoms with Gasteiger partial charge < -0.3 is 9.84 Å². The molecule has 0 aliphatic heterocycles. The van der Waals surface area contributed by atoms with Crippen molar-refractivity contribution >= 4 is 27.7 Å². The molecule has 3 rings (SSSR count). The van der Waals surface area contributed by atoms with Gasteiger partial charge in [-0.2, -0.15) is 4.98 Å². The Kier molecular flexibility index (Phi) is 4.44. The summed E-state index contributed by atoms with van der Waals surface area (Å²) in [4.78, 5) is 21.2. The first-order valence-electron chi connectivity index (χ1n) is 7.30. The highest BCUT2D eigenvalue weighted by Crippen LogP contribution is 2.29. The SMILES string of the molecule is Cc1cc(C)c(-c2noc(C)n2)c(NC(=O)c2cccc(Br)c2)n1. The Morgan fingerprint density at radius 1 is 1.17 bits per heavy atom. The smallest absolute Gasteiger partial charge is 0.256 e. The van der Waals surface area contributed by atoms with Gasteiger partial charge in [-0.05, 0) is 43.7 Å². The van der Waals surface area contributed by atoms with E-state index in [1.54, 1.807) is 25.1 Å². The molecule has 24 heavy (non-hydrogen) atoms. The Bertz CT molecular complexity index is 921. The van der Waals surface area contributed by atoms with Gasteiger partial charge in [0.25, 0.3) is 5.91 Å². The van der Waals surface area contributed by atoms with Gasteiger partial charge >= 0.3 is 0 Å². The predicted molar refractivity (Wildman–Crippen MR) is 93.8 cm³/mol. The summed E-state index contributed by atoms with van der Waals surface area (Å²) in [6.45, 7) is 5.50. The van der Waals surface area contributed by atoms with Crippen LogP contribution in [0, 0.1) is 20.8 Å². The molecule has 0 bridgehead atoms. The normalized spacial score (nSPS) is 10.7. The monoisotopic (exact) mass is 386 g/mol. The van der Waals surface area contributed by atoms with Crippen molar-refractivity contribution in [2.24, 2.45) is 0 Å². The predicted octanol–water partition coefficient (Wildman–Crippen LogP) is 4.07. The van der Waals surface area contributed by atoms with Gasteiger partial charge in [-0.3, -0.25) is 4.79 Å². The number of amides is 1. The summed E-state index contributed by atoms with van der Waals surface area (Å²) in [5.41, 5.74) is 2.88. The van der Waals surface area contributed by atoms with E-state index in [1.165, 1.54) is 0 Å². The molecule has 1 amide bonds. The molecule has 2 heterocycles. The molecule has 7 heteroatoms. The van der Waals surface area contributed by atoms with Crippen molar-refractivity contribution in [2.75, 3.05) is 5.32 Å². The summed E-state index contributed by atoms with van der Waals surface area (Å²) in [6.07, 6.45) is 0. The summed E-state index contributed by atoms with van der Waals surface area (Å²) >= 11 is 3.37. The molecule has 6 nitrogen and oxygen atoms in total. The molecule has 0 unspecified atom stereocenters. The van der Waals surface area contributed by atoms with Crippen LogP contribution in [0.5, 0.6) is 0 Å².